The number of phenols is 2. The molecule has 8 heteroatoms. The van der Waals surface area contributed by atoms with E-state index in [2.05, 4.69) is 4.99 Å². The van der Waals surface area contributed by atoms with E-state index in [1.807, 2.05) is 0 Å². The van der Waals surface area contributed by atoms with Crippen LogP contribution in [0.5, 0.6) is 11.5 Å². The number of hydrogen-bond donors (Lipinski definition) is 2. The number of aromatic hydroxyl groups is 2. The molecule has 0 saturated heterocycles. The second-order valence-corrected chi connectivity index (χ2v) is 4.88. The van der Waals surface area contributed by atoms with Gasteiger partial charge in [0.1, 0.15) is 11.4 Å². The molecule has 0 aliphatic carbocycles. The van der Waals surface area contributed by atoms with E-state index < -0.39 is 16.4 Å². The molecule has 21 heavy (non-hydrogen) atoms. The third-order valence-corrected chi connectivity index (χ3v) is 3.01. The van der Waals surface area contributed by atoms with Crippen molar-refractivity contribution in [3.63, 3.8) is 0 Å². The topological polar surface area (TPSA) is 96.0 Å². The second kappa shape index (κ2) is 5.99. The number of halogens is 2. The number of aliphatic imine (C=N–C) groups is 1. The highest BCUT2D eigenvalue weighted by Crippen LogP contribution is 2.34. The van der Waals surface area contributed by atoms with E-state index in [0.717, 1.165) is 12.3 Å². The Hall–Kier alpha value is -2.31. The Kier molecular flexibility index (Phi) is 4.30. The molecular weight excluding hydrogens is 319 g/mol. The molecular formula is C13H8Cl2N2O4. The van der Waals surface area contributed by atoms with Crippen LogP contribution in [0.25, 0.3) is 0 Å². The van der Waals surface area contributed by atoms with Gasteiger partial charge in [0.2, 0.25) is 5.75 Å². The summed E-state index contributed by atoms with van der Waals surface area (Å²) in [6, 6.07) is 6.59. The van der Waals surface area contributed by atoms with Crippen LogP contribution < -0.4 is 0 Å². The van der Waals surface area contributed by atoms with Crippen LogP contribution in [0, 0.1) is 10.1 Å². The summed E-state index contributed by atoms with van der Waals surface area (Å²) in [5.74, 6) is -0.679. The van der Waals surface area contributed by atoms with Crippen LogP contribution in [0.3, 0.4) is 0 Å². The van der Waals surface area contributed by atoms with Crippen LogP contribution in [0.15, 0.2) is 35.3 Å². The lowest BCUT2D eigenvalue weighted by molar-refractivity contribution is -0.385. The zero-order valence-corrected chi connectivity index (χ0v) is 11.8. The summed E-state index contributed by atoms with van der Waals surface area (Å²) in [5.41, 5.74) is -0.322. The van der Waals surface area contributed by atoms with E-state index in [0.29, 0.717) is 5.02 Å². The highest BCUT2D eigenvalue weighted by Gasteiger charge is 2.17. The van der Waals surface area contributed by atoms with Gasteiger partial charge < -0.3 is 10.2 Å². The Bertz CT molecular complexity index is 747. The number of hydrogen-bond acceptors (Lipinski definition) is 5. The number of nitrogens with zero attached hydrogens (tertiary/aromatic N) is 2. The van der Waals surface area contributed by atoms with E-state index in [-0.39, 0.29) is 22.0 Å². The number of benzene rings is 2. The highest BCUT2D eigenvalue weighted by molar-refractivity contribution is 6.31. The van der Waals surface area contributed by atoms with E-state index in [1.54, 1.807) is 0 Å². The molecule has 0 aliphatic heterocycles. The minimum absolute atomic E-state index is 0.0496. The number of nitro benzene ring substituents is 1. The Morgan fingerprint density at radius 2 is 1.86 bits per heavy atom. The molecule has 2 N–H and O–H groups in total. The summed E-state index contributed by atoms with van der Waals surface area (Å²) < 4.78 is 0. The maximum absolute atomic E-state index is 10.8. The lowest BCUT2D eigenvalue weighted by Gasteiger charge is -2.02. The van der Waals surface area contributed by atoms with Crippen LogP contribution in [0.2, 0.25) is 10.0 Å². The van der Waals surface area contributed by atoms with Gasteiger partial charge in [-0.15, -0.1) is 0 Å². The first-order chi connectivity index (χ1) is 9.88. The number of phenolic OH excluding ortho intramolecular Hbond substituents is 2. The lowest BCUT2D eigenvalue weighted by atomic mass is 10.2. The highest BCUT2D eigenvalue weighted by atomic mass is 35.5. The molecule has 0 aliphatic rings. The molecule has 0 bridgehead atoms. The zero-order valence-electron chi connectivity index (χ0n) is 10.3. The molecule has 2 aromatic rings. The Morgan fingerprint density at radius 1 is 1.14 bits per heavy atom. The van der Waals surface area contributed by atoms with Crippen LogP contribution in [0.4, 0.5) is 11.4 Å². The van der Waals surface area contributed by atoms with Gasteiger partial charge in [-0.3, -0.25) is 15.1 Å². The molecule has 2 rings (SSSR count). The third-order valence-electron chi connectivity index (χ3n) is 2.56. The quantitative estimate of drug-likeness (QED) is 0.505. The van der Waals surface area contributed by atoms with Crippen molar-refractivity contribution in [2.75, 3.05) is 0 Å². The van der Waals surface area contributed by atoms with Gasteiger partial charge in [0, 0.05) is 27.9 Å². The summed E-state index contributed by atoms with van der Waals surface area (Å²) in [6.45, 7) is 0. The molecule has 0 atom stereocenters. The van der Waals surface area contributed by atoms with Gasteiger partial charge in [-0.05, 0) is 24.3 Å². The Balaban J connectivity index is 2.46. The average molecular weight is 327 g/mol. The van der Waals surface area contributed by atoms with Crippen LogP contribution in [-0.2, 0) is 0 Å². The fraction of sp³-hybridized carbons (Fsp3) is 0. The first-order valence-corrected chi connectivity index (χ1v) is 6.33. The average Bonchev–Trinajstić information content (AvgIpc) is 2.42. The molecule has 0 saturated carbocycles. The van der Waals surface area contributed by atoms with Crippen molar-refractivity contribution in [3.8, 4) is 11.5 Å². The summed E-state index contributed by atoms with van der Waals surface area (Å²) in [5, 5.41) is 30.6. The Labute approximate surface area is 129 Å². The van der Waals surface area contributed by atoms with Crippen molar-refractivity contribution in [2.45, 2.75) is 0 Å². The summed E-state index contributed by atoms with van der Waals surface area (Å²) in [7, 11) is 0. The molecule has 0 unspecified atom stereocenters. The summed E-state index contributed by atoms with van der Waals surface area (Å²) in [6.07, 6.45) is 1.15. The van der Waals surface area contributed by atoms with Crippen LogP contribution >= 0.6 is 23.2 Å². The normalized spacial score (nSPS) is 11.0. The summed E-state index contributed by atoms with van der Waals surface area (Å²) >= 11 is 11.5. The fourth-order valence-corrected chi connectivity index (χ4v) is 1.97. The molecule has 0 amide bonds. The standard InChI is InChI=1S/C13H8Cl2N2O4/c14-8-1-2-12(18)10(4-8)16-6-7-3-9(15)5-11(13(7)19)17(20)21/h1-6,18-19H. The molecule has 108 valence electrons. The predicted octanol–water partition coefficient (Wildman–Crippen LogP) is 4.06. The molecule has 0 radical (unpaired) electrons. The van der Waals surface area contributed by atoms with Crippen molar-refractivity contribution in [2.24, 2.45) is 4.99 Å². The van der Waals surface area contributed by atoms with Gasteiger partial charge in [0.05, 0.1) is 4.92 Å². The second-order valence-electron chi connectivity index (χ2n) is 4.01. The predicted molar refractivity (Wildman–Crippen MR) is 80.1 cm³/mol. The number of nitro groups is 1. The van der Waals surface area contributed by atoms with Crippen molar-refractivity contribution in [1.82, 2.24) is 0 Å². The van der Waals surface area contributed by atoms with Gasteiger partial charge in [-0.1, -0.05) is 23.2 Å². The van der Waals surface area contributed by atoms with Crippen molar-refractivity contribution in [3.05, 3.63) is 56.1 Å². The van der Waals surface area contributed by atoms with Gasteiger partial charge in [-0.25, -0.2) is 0 Å². The van der Waals surface area contributed by atoms with Crippen molar-refractivity contribution in [1.29, 1.82) is 0 Å². The maximum atomic E-state index is 10.8. The fourth-order valence-electron chi connectivity index (χ4n) is 1.58. The van der Waals surface area contributed by atoms with E-state index in [1.165, 1.54) is 24.3 Å². The lowest BCUT2D eigenvalue weighted by Crippen LogP contribution is -1.92. The van der Waals surface area contributed by atoms with E-state index in [9.17, 15) is 20.3 Å². The third kappa shape index (κ3) is 3.42. The van der Waals surface area contributed by atoms with Gasteiger partial charge in [0.25, 0.3) is 0 Å². The smallest absolute Gasteiger partial charge is 0.312 e. The minimum atomic E-state index is -0.755. The molecule has 2 aromatic carbocycles. The first kappa shape index (κ1) is 15.1. The van der Waals surface area contributed by atoms with E-state index >= 15 is 0 Å². The van der Waals surface area contributed by atoms with Crippen LogP contribution in [0.1, 0.15) is 5.56 Å². The van der Waals surface area contributed by atoms with Gasteiger partial charge in [-0.2, -0.15) is 0 Å². The summed E-state index contributed by atoms with van der Waals surface area (Å²) in [4.78, 5) is 14.0. The monoisotopic (exact) mass is 326 g/mol. The van der Waals surface area contributed by atoms with E-state index in [4.69, 9.17) is 23.2 Å². The maximum Gasteiger partial charge on any atom is 0.312 e. The molecule has 0 aromatic heterocycles. The zero-order chi connectivity index (χ0) is 15.6. The first-order valence-electron chi connectivity index (χ1n) is 5.58. The minimum Gasteiger partial charge on any atom is -0.506 e. The molecule has 0 spiro atoms. The SMILES string of the molecule is O=[N+]([O-])c1cc(Cl)cc(C=Nc2cc(Cl)ccc2O)c1O. The molecule has 0 fully saturated rings. The molecule has 0 heterocycles. The molecule has 6 nitrogen and oxygen atoms in total. The van der Waals surface area contributed by atoms with Crippen molar-refractivity contribution >= 4 is 40.8 Å². The van der Waals surface area contributed by atoms with Gasteiger partial charge in [0.15, 0.2) is 0 Å². The van der Waals surface area contributed by atoms with Gasteiger partial charge >= 0.3 is 5.69 Å². The largest absolute Gasteiger partial charge is 0.506 e. The van der Waals surface area contributed by atoms with Crippen molar-refractivity contribution < 1.29 is 15.1 Å². The number of rotatable bonds is 3. The van der Waals surface area contributed by atoms with Crippen LogP contribution in [-0.4, -0.2) is 21.4 Å². The Morgan fingerprint density at radius 3 is 2.52 bits per heavy atom.